The summed E-state index contributed by atoms with van der Waals surface area (Å²) in [6, 6.07) is 0. The number of rotatable bonds is 2. The second-order valence-electron chi connectivity index (χ2n) is 1.71. The van der Waals surface area contributed by atoms with Gasteiger partial charge in [-0.1, -0.05) is 0 Å². The standard InChI is InChI=1S/C6H5NO3S/c8-4(6(9)10)3-5-7-1-2-11-5/h1-3,8H,(H,9,10). The van der Waals surface area contributed by atoms with Gasteiger partial charge in [0.15, 0.2) is 0 Å². The number of hydrogen-bond acceptors (Lipinski definition) is 4. The molecule has 0 saturated carbocycles. The van der Waals surface area contributed by atoms with Crippen LogP contribution in [0.4, 0.5) is 0 Å². The zero-order valence-corrected chi connectivity index (χ0v) is 6.21. The number of nitrogens with zero attached hydrogens (tertiary/aromatic N) is 1. The second kappa shape index (κ2) is 3.16. The zero-order valence-electron chi connectivity index (χ0n) is 5.39. The van der Waals surface area contributed by atoms with E-state index < -0.39 is 11.7 Å². The smallest absolute Gasteiger partial charge is 0.371 e. The summed E-state index contributed by atoms with van der Waals surface area (Å²) < 4.78 is 0. The van der Waals surface area contributed by atoms with Crippen molar-refractivity contribution >= 4 is 23.4 Å². The van der Waals surface area contributed by atoms with Crippen LogP contribution in [0.25, 0.3) is 6.08 Å². The summed E-state index contributed by atoms with van der Waals surface area (Å²) in [6.07, 6.45) is 2.64. The molecule has 11 heavy (non-hydrogen) atoms. The van der Waals surface area contributed by atoms with E-state index in [1.807, 2.05) is 0 Å². The molecule has 0 saturated heterocycles. The monoisotopic (exact) mass is 171 g/mol. The van der Waals surface area contributed by atoms with Gasteiger partial charge < -0.3 is 10.2 Å². The number of thiazole rings is 1. The van der Waals surface area contributed by atoms with Crippen molar-refractivity contribution in [1.82, 2.24) is 4.98 Å². The van der Waals surface area contributed by atoms with Gasteiger partial charge in [-0.15, -0.1) is 11.3 Å². The van der Waals surface area contributed by atoms with Gasteiger partial charge in [0.2, 0.25) is 5.76 Å². The SMILES string of the molecule is O=C(O)C(O)=Cc1nccs1. The topological polar surface area (TPSA) is 70.4 Å². The molecule has 1 rings (SSSR count). The summed E-state index contributed by atoms with van der Waals surface area (Å²) in [4.78, 5) is 13.8. The molecule has 0 aliphatic rings. The Morgan fingerprint density at radius 1 is 1.64 bits per heavy atom. The summed E-state index contributed by atoms with van der Waals surface area (Å²) in [5.41, 5.74) is 0. The fraction of sp³-hybridized carbons (Fsp3) is 0. The number of carboxylic acid groups (broad SMARTS) is 1. The van der Waals surface area contributed by atoms with Crippen molar-refractivity contribution in [2.24, 2.45) is 0 Å². The first-order valence-electron chi connectivity index (χ1n) is 2.73. The first-order chi connectivity index (χ1) is 5.20. The van der Waals surface area contributed by atoms with Crippen LogP contribution in [0.2, 0.25) is 0 Å². The molecule has 5 heteroatoms. The van der Waals surface area contributed by atoms with Crippen LogP contribution in [0.1, 0.15) is 5.01 Å². The van der Waals surface area contributed by atoms with Crippen molar-refractivity contribution in [3.8, 4) is 0 Å². The number of aliphatic carboxylic acids is 1. The molecule has 1 heterocycles. The molecule has 0 spiro atoms. The third-order valence-corrected chi connectivity index (χ3v) is 1.65. The molecule has 0 fully saturated rings. The Morgan fingerprint density at radius 2 is 2.36 bits per heavy atom. The number of aromatic nitrogens is 1. The van der Waals surface area contributed by atoms with Gasteiger partial charge in [0.1, 0.15) is 5.01 Å². The molecule has 2 N–H and O–H groups in total. The summed E-state index contributed by atoms with van der Waals surface area (Å²) in [6.45, 7) is 0. The molecule has 4 nitrogen and oxygen atoms in total. The fourth-order valence-corrected chi connectivity index (χ4v) is 1.05. The molecule has 0 aromatic carbocycles. The zero-order chi connectivity index (χ0) is 8.27. The Balaban J connectivity index is 2.82. The van der Waals surface area contributed by atoms with E-state index in [0.29, 0.717) is 5.01 Å². The fourth-order valence-electron chi connectivity index (χ4n) is 0.484. The van der Waals surface area contributed by atoms with Crippen molar-refractivity contribution < 1.29 is 15.0 Å². The second-order valence-corrected chi connectivity index (χ2v) is 2.63. The lowest BCUT2D eigenvalue weighted by atomic mass is 10.4. The van der Waals surface area contributed by atoms with Gasteiger partial charge in [-0.25, -0.2) is 9.78 Å². The highest BCUT2D eigenvalue weighted by Crippen LogP contribution is 2.07. The Morgan fingerprint density at radius 3 is 2.82 bits per heavy atom. The minimum atomic E-state index is -1.35. The van der Waals surface area contributed by atoms with E-state index in [1.165, 1.54) is 17.5 Å². The molecule has 0 aliphatic heterocycles. The highest BCUT2D eigenvalue weighted by Gasteiger charge is 2.03. The molecule has 0 amide bonds. The van der Waals surface area contributed by atoms with Crippen LogP contribution in [-0.4, -0.2) is 21.2 Å². The van der Waals surface area contributed by atoms with E-state index >= 15 is 0 Å². The number of aliphatic hydroxyl groups is 1. The first-order valence-corrected chi connectivity index (χ1v) is 3.61. The minimum absolute atomic E-state index is 0.477. The lowest BCUT2D eigenvalue weighted by Crippen LogP contribution is -1.97. The van der Waals surface area contributed by atoms with Gasteiger partial charge in [-0.2, -0.15) is 0 Å². The van der Waals surface area contributed by atoms with Gasteiger partial charge in [-0.3, -0.25) is 0 Å². The predicted molar refractivity (Wildman–Crippen MR) is 40.4 cm³/mol. The molecule has 0 unspecified atom stereocenters. The van der Waals surface area contributed by atoms with Gasteiger partial charge in [0.25, 0.3) is 0 Å². The van der Waals surface area contributed by atoms with Crippen molar-refractivity contribution in [2.75, 3.05) is 0 Å². The third kappa shape index (κ3) is 2.05. The number of carbonyl (C=O) groups is 1. The van der Waals surface area contributed by atoms with Crippen LogP contribution >= 0.6 is 11.3 Å². The average Bonchev–Trinajstić information content (AvgIpc) is 2.39. The number of aliphatic hydroxyl groups excluding tert-OH is 1. The molecule has 1 aromatic heterocycles. The van der Waals surface area contributed by atoms with Crippen LogP contribution in [0, 0.1) is 0 Å². The van der Waals surface area contributed by atoms with Crippen LogP contribution in [0.15, 0.2) is 17.3 Å². The van der Waals surface area contributed by atoms with E-state index in [2.05, 4.69) is 4.98 Å². The van der Waals surface area contributed by atoms with Crippen LogP contribution in [0.3, 0.4) is 0 Å². The van der Waals surface area contributed by atoms with E-state index in [1.54, 1.807) is 5.38 Å². The molecular weight excluding hydrogens is 166 g/mol. The van der Waals surface area contributed by atoms with Crippen molar-refractivity contribution in [2.45, 2.75) is 0 Å². The lowest BCUT2D eigenvalue weighted by Gasteiger charge is -1.87. The summed E-state index contributed by atoms with van der Waals surface area (Å²) in [5, 5.41) is 19.1. The molecule has 0 bridgehead atoms. The van der Waals surface area contributed by atoms with Crippen molar-refractivity contribution in [1.29, 1.82) is 0 Å². The van der Waals surface area contributed by atoms with Crippen molar-refractivity contribution in [3.05, 3.63) is 22.3 Å². The molecule has 0 radical (unpaired) electrons. The molecule has 0 atom stereocenters. The average molecular weight is 171 g/mol. The van der Waals surface area contributed by atoms with Crippen LogP contribution in [0.5, 0.6) is 0 Å². The molecule has 58 valence electrons. The number of hydrogen-bond donors (Lipinski definition) is 2. The predicted octanol–water partition coefficient (Wildman–Crippen LogP) is 1.13. The van der Waals surface area contributed by atoms with E-state index in [0.717, 1.165) is 6.08 Å². The molecule has 1 aromatic rings. The summed E-state index contributed by atoms with van der Waals surface area (Å²) >= 11 is 1.26. The van der Waals surface area contributed by atoms with E-state index in [4.69, 9.17) is 10.2 Å². The van der Waals surface area contributed by atoms with E-state index in [-0.39, 0.29) is 0 Å². The maximum atomic E-state index is 10.1. The van der Waals surface area contributed by atoms with E-state index in [9.17, 15) is 4.79 Å². The van der Waals surface area contributed by atoms with Gasteiger partial charge in [0.05, 0.1) is 0 Å². The molecule has 0 aliphatic carbocycles. The first kappa shape index (κ1) is 7.74. The van der Waals surface area contributed by atoms with Crippen LogP contribution in [-0.2, 0) is 4.79 Å². The Labute approximate surface area is 66.4 Å². The highest BCUT2D eigenvalue weighted by molar-refractivity contribution is 7.10. The van der Waals surface area contributed by atoms with Gasteiger partial charge >= 0.3 is 5.97 Å². The third-order valence-electron chi connectivity index (χ3n) is 0.931. The van der Waals surface area contributed by atoms with Crippen LogP contribution < -0.4 is 0 Å². The summed E-state index contributed by atoms with van der Waals surface area (Å²) in [5.74, 6) is -2.04. The Kier molecular flexibility index (Phi) is 2.22. The largest absolute Gasteiger partial charge is 0.502 e. The van der Waals surface area contributed by atoms with Crippen molar-refractivity contribution in [3.63, 3.8) is 0 Å². The highest BCUT2D eigenvalue weighted by atomic mass is 32.1. The molecular formula is C6H5NO3S. The maximum Gasteiger partial charge on any atom is 0.371 e. The van der Waals surface area contributed by atoms with Gasteiger partial charge in [0, 0.05) is 17.7 Å². The Bertz CT molecular complexity index is 278. The lowest BCUT2D eigenvalue weighted by molar-refractivity contribution is -0.135. The normalized spacial score (nSPS) is 11.5. The minimum Gasteiger partial charge on any atom is -0.502 e. The Hall–Kier alpha value is -1.36. The maximum absolute atomic E-state index is 10.1. The van der Waals surface area contributed by atoms with Gasteiger partial charge in [-0.05, 0) is 0 Å². The summed E-state index contributed by atoms with van der Waals surface area (Å²) in [7, 11) is 0. The number of carboxylic acids is 1. The quantitative estimate of drug-likeness (QED) is 0.516.